The van der Waals surface area contributed by atoms with Gasteiger partial charge in [-0.25, -0.2) is 0 Å². The van der Waals surface area contributed by atoms with Crippen molar-refractivity contribution < 1.29 is 9.84 Å². The third-order valence-corrected chi connectivity index (χ3v) is 4.35. The second-order valence-electron chi connectivity index (χ2n) is 8.05. The van der Waals surface area contributed by atoms with Crippen LogP contribution < -0.4 is 0 Å². The standard InChI is InChI=1S/C22H27N3O2/c1-15(2)14-27-11-10-16-12-17(22(3,4)5)13-20(21(16)26)25-23-18-8-6-7-9-19(18)24-25/h6-9,12-14,26H,10-11H2,1-5H3. The van der Waals surface area contributed by atoms with E-state index in [0.29, 0.717) is 18.7 Å². The van der Waals surface area contributed by atoms with Crippen LogP contribution >= 0.6 is 0 Å². The molecule has 1 aromatic heterocycles. The number of allylic oxidation sites excluding steroid dienone is 1. The van der Waals surface area contributed by atoms with Gasteiger partial charge in [0.15, 0.2) is 0 Å². The molecular formula is C22H27N3O2. The molecule has 0 radical (unpaired) electrons. The number of fused-ring (bicyclic) bond motifs is 1. The summed E-state index contributed by atoms with van der Waals surface area (Å²) in [6, 6.07) is 11.7. The van der Waals surface area contributed by atoms with Gasteiger partial charge >= 0.3 is 0 Å². The summed E-state index contributed by atoms with van der Waals surface area (Å²) >= 11 is 0. The summed E-state index contributed by atoms with van der Waals surface area (Å²) in [6.07, 6.45) is 2.35. The van der Waals surface area contributed by atoms with Crippen molar-refractivity contribution >= 4 is 11.0 Å². The van der Waals surface area contributed by atoms with Gasteiger partial charge in [-0.05, 0) is 54.2 Å². The number of nitrogens with zero attached hydrogens (tertiary/aromatic N) is 3. The highest BCUT2D eigenvalue weighted by molar-refractivity contribution is 5.73. The molecule has 0 amide bonds. The van der Waals surface area contributed by atoms with Crippen molar-refractivity contribution in [2.24, 2.45) is 0 Å². The molecule has 0 spiro atoms. The number of aromatic nitrogens is 3. The molecular weight excluding hydrogens is 338 g/mol. The van der Waals surface area contributed by atoms with Crippen molar-refractivity contribution in [1.82, 2.24) is 15.0 Å². The highest BCUT2D eigenvalue weighted by atomic mass is 16.5. The SMILES string of the molecule is CC(C)=COCCc1cc(C(C)(C)C)cc(-n2nc3ccccc3n2)c1O. The summed E-state index contributed by atoms with van der Waals surface area (Å²) < 4.78 is 5.56. The molecule has 0 aliphatic heterocycles. The smallest absolute Gasteiger partial charge is 0.146 e. The highest BCUT2D eigenvalue weighted by Gasteiger charge is 2.20. The number of hydrogen-bond donors (Lipinski definition) is 1. The van der Waals surface area contributed by atoms with Gasteiger partial charge in [0, 0.05) is 6.42 Å². The third kappa shape index (κ3) is 4.30. The van der Waals surface area contributed by atoms with E-state index in [2.05, 4.69) is 31.0 Å². The van der Waals surface area contributed by atoms with Crippen LogP contribution in [0.2, 0.25) is 0 Å². The highest BCUT2D eigenvalue weighted by Crippen LogP contribution is 2.33. The maximum atomic E-state index is 10.9. The van der Waals surface area contributed by atoms with Crippen molar-refractivity contribution in [1.29, 1.82) is 0 Å². The molecule has 0 saturated heterocycles. The summed E-state index contributed by atoms with van der Waals surface area (Å²) in [5.74, 6) is 0.198. The molecule has 0 saturated carbocycles. The summed E-state index contributed by atoms with van der Waals surface area (Å²) in [5, 5.41) is 20.0. The average molecular weight is 365 g/mol. The predicted octanol–water partition coefficient (Wildman–Crippen LogP) is 4.91. The van der Waals surface area contributed by atoms with Gasteiger partial charge in [-0.15, -0.1) is 15.0 Å². The largest absolute Gasteiger partial charge is 0.505 e. The Morgan fingerprint density at radius 2 is 1.74 bits per heavy atom. The van der Waals surface area contributed by atoms with Crippen molar-refractivity contribution in [3.05, 3.63) is 59.4 Å². The molecule has 2 aromatic carbocycles. The molecule has 0 unspecified atom stereocenters. The lowest BCUT2D eigenvalue weighted by molar-refractivity contribution is 0.249. The first-order valence-electron chi connectivity index (χ1n) is 9.19. The van der Waals surface area contributed by atoms with Gasteiger partial charge in [0.05, 0.1) is 12.9 Å². The molecule has 142 valence electrons. The van der Waals surface area contributed by atoms with Crippen LogP contribution in [0, 0.1) is 0 Å². The fraction of sp³-hybridized carbons (Fsp3) is 0.364. The molecule has 0 fully saturated rings. The van der Waals surface area contributed by atoms with Gasteiger partial charge in [0.25, 0.3) is 0 Å². The van der Waals surface area contributed by atoms with E-state index in [-0.39, 0.29) is 11.2 Å². The van der Waals surface area contributed by atoms with E-state index >= 15 is 0 Å². The minimum absolute atomic E-state index is 0.0649. The minimum atomic E-state index is -0.0649. The number of hydrogen-bond acceptors (Lipinski definition) is 4. The van der Waals surface area contributed by atoms with Gasteiger partial charge in [0.2, 0.25) is 0 Å². The monoisotopic (exact) mass is 365 g/mol. The van der Waals surface area contributed by atoms with Crippen LogP contribution in [0.1, 0.15) is 45.7 Å². The van der Waals surface area contributed by atoms with Crippen LogP contribution in [0.15, 0.2) is 48.2 Å². The van der Waals surface area contributed by atoms with Crippen molar-refractivity contribution in [2.75, 3.05) is 6.61 Å². The molecule has 3 aromatic rings. The van der Waals surface area contributed by atoms with Crippen LogP contribution in [-0.4, -0.2) is 26.7 Å². The Balaban J connectivity index is 2.03. The van der Waals surface area contributed by atoms with Crippen LogP contribution in [0.25, 0.3) is 16.7 Å². The Morgan fingerprint density at radius 1 is 1.11 bits per heavy atom. The average Bonchev–Trinajstić information content (AvgIpc) is 3.02. The van der Waals surface area contributed by atoms with Crippen LogP contribution in [0.5, 0.6) is 5.75 Å². The number of aromatic hydroxyl groups is 1. The van der Waals surface area contributed by atoms with Crippen LogP contribution in [0.4, 0.5) is 0 Å². The fourth-order valence-electron chi connectivity index (χ4n) is 2.82. The van der Waals surface area contributed by atoms with E-state index in [1.54, 1.807) is 6.26 Å². The number of phenols is 1. The van der Waals surface area contributed by atoms with Gasteiger partial charge in [0.1, 0.15) is 22.5 Å². The lowest BCUT2D eigenvalue weighted by Crippen LogP contribution is -2.14. The first-order valence-corrected chi connectivity index (χ1v) is 9.19. The summed E-state index contributed by atoms with van der Waals surface area (Å²) in [7, 11) is 0. The van der Waals surface area contributed by atoms with Gasteiger partial charge < -0.3 is 9.84 Å². The quantitative estimate of drug-likeness (QED) is 0.516. The summed E-state index contributed by atoms with van der Waals surface area (Å²) in [6.45, 7) is 10.9. The lowest BCUT2D eigenvalue weighted by atomic mass is 9.85. The summed E-state index contributed by atoms with van der Waals surface area (Å²) in [5.41, 5.74) is 5.18. The normalized spacial score (nSPS) is 11.6. The molecule has 1 heterocycles. The maximum absolute atomic E-state index is 10.9. The molecule has 0 aliphatic rings. The lowest BCUT2D eigenvalue weighted by Gasteiger charge is -2.22. The molecule has 1 N–H and O–H groups in total. The van der Waals surface area contributed by atoms with E-state index in [1.807, 2.05) is 50.2 Å². The van der Waals surface area contributed by atoms with E-state index < -0.39 is 0 Å². The van der Waals surface area contributed by atoms with Gasteiger partial charge in [-0.2, -0.15) is 0 Å². The van der Waals surface area contributed by atoms with E-state index in [0.717, 1.165) is 27.7 Å². The number of rotatable bonds is 5. The zero-order valence-corrected chi connectivity index (χ0v) is 16.7. The Kier molecular flexibility index (Phi) is 5.22. The number of ether oxygens (including phenoxy) is 1. The van der Waals surface area contributed by atoms with Gasteiger partial charge in [-0.1, -0.05) is 39.0 Å². The first kappa shape index (κ1) is 19.0. The number of phenolic OH excluding ortho intramolecular Hbond substituents is 1. The Labute approximate surface area is 160 Å². The molecule has 0 bridgehead atoms. The first-order chi connectivity index (χ1) is 12.8. The molecule has 27 heavy (non-hydrogen) atoms. The molecule has 3 rings (SSSR count). The maximum Gasteiger partial charge on any atom is 0.146 e. The molecule has 0 aliphatic carbocycles. The summed E-state index contributed by atoms with van der Waals surface area (Å²) in [4.78, 5) is 1.52. The Bertz CT molecular complexity index is 944. The fourth-order valence-corrected chi connectivity index (χ4v) is 2.82. The van der Waals surface area contributed by atoms with E-state index in [1.165, 1.54) is 4.80 Å². The Morgan fingerprint density at radius 3 is 2.30 bits per heavy atom. The van der Waals surface area contributed by atoms with E-state index in [4.69, 9.17) is 4.74 Å². The topological polar surface area (TPSA) is 60.2 Å². The zero-order chi connectivity index (χ0) is 19.6. The van der Waals surface area contributed by atoms with Crippen molar-refractivity contribution in [3.8, 4) is 11.4 Å². The van der Waals surface area contributed by atoms with Crippen molar-refractivity contribution in [2.45, 2.75) is 46.5 Å². The second kappa shape index (κ2) is 7.43. The van der Waals surface area contributed by atoms with Crippen LogP contribution in [-0.2, 0) is 16.6 Å². The third-order valence-electron chi connectivity index (χ3n) is 4.35. The Hall–Kier alpha value is -2.82. The molecule has 5 heteroatoms. The van der Waals surface area contributed by atoms with Crippen molar-refractivity contribution in [3.63, 3.8) is 0 Å². The van der Waals surface area contributed by atoms with Crippen LogP contribution in [0.3, 0.4) is 0 Å². The van der Waals surface area contributed by atoms with E-state index in [9.17, 15) is 5.11 Å². The van der Waals surface area contributed by atoms with Gasteiger partial charge in [-0.3, -0.25) is 0 Å². The minimum Gasteiger partial charge on any atom is -0.505 e. The molecule has 0 atom stereocenters. The molecule has 5 nitrogen and oxygen atoms in total. The zero-order valence-electron chi connectivity index (χ0n) is 16.7. The number of benzene rings is 2. The predicted molar refractivity (Wildman–Crippen MR) is 108 cm³/mol. The second-order valence-corrected chi connectivity index (χ2v) is 8.05.